The van der Waals surface area contributed by atoms with Gasteiger partial charge in [-0.05, 0) is 48.3 Å². The standard InChI is InChI=1S/C30H30BrN5O2/c1-4-23(37)36-16-30(17-36)11-12-35(15-30)27-21(14-32)24(20-9-10-29(2,3)13-22(20)33-27)26-19-8-6-5-7-18(19)25(31)28(38)34-26/h4-8,25H,1,9-13,15-17H2,2-3H3. The zero-order chi connectivity index (χ0) is 26.8. The summed E-state index contributed by atoms with van der Waals surface area (Å²) in [5.74, 6) is 0.386. The molecule has 2 fully saturated rings. The van der Waals surface area contributed by atoms with Crippen molar-refractivity contribution < 1.29 is 9.59 Å². The summed E-state index contributed by atoms with van der Waals surface area (Å²) in [7, 11) is 0. The number of carbonyl (C=O) groups is 2. The number of pyridine rings is 1. The minimum Gasteiger partial charge on any atom is -0.355 e. The SMILES string of the molecule is C=CC(=O)N1CC2(CCN(c3nc4c(c(C5=NC(=O)C(Br)c6ccccc65)c3C#N)CCC(C)(C)C4)C2)C1. The molecule has 38 heavy (non-hydrogen) atoms. The number of halogens is 1. The molecule has 2 amide bonds. The van der Waals surface area contributed by atoms with Crippen LogP contribution < -0.4 is 4.90 Å². The van der Waals surface area contributed by atoms with Crippen molar-refractivity contribution in [1.29, 1.82) is 5.26 Å². The minimum atomic E-state index is -0.498. The van der Waals surface area contributed by atoms with Crippen molar-refractivity contribution in [3.05, 3.63) is 70.4 Å². The van der Waals surface area contributed by atoms with Gasteiger partial charge in [0.05, 0.1) is 5.71 Å². The molecule has 1 aromatic carbocycles. The third-order valence-electron chi connectivity index (χ3n) is 8.62. The third kappa shape index (κ3) is 3.90. The summed E-state index contributed by atoms with van der Waals surface area (Å²) >= 11 is 3.52. The van der Waals surface area contributed by atoms with Crippen molar-refractivity contribution in [1.82, 2.24) is 9.88 Å². The van der Waals surface area contributed by atoms with Gasteiger partial charge in [-0.1, -0.05) is 60.6 Å². The number of aliphatic imine (C=N–C) groups is 1. The largest absolute Gasteiger partial charge is 0.355 e. The van der Waals surface area contributed by atoms with E-state index in [2.05, 4.69) is 52.3 Å². The lowest BCUT2D eigenvalue weighted by atomic mass is 9.73. The molecular formula is C30H30BrN5O2. The van der Waals surface area contributed by atoms with Crippen molar-refractivity contribution >= 4 is 39.3 Å². The highest BCUT2D eigenvalue weighted by molar-refractivity contribution is 9.09. The van der Waals surface area contributed by atoms with Crippen LogP contribution in [0.1, 0.15) is 65.0 Å². The number of hydrogen-bond acceptors (Lipinski definition) is 5. The topological polar surface area (TPSA) is 89.7 Å². The molecule has 4 heterocycles. The Morgan fingerprint density at radius 3 is 2.74 bits per heavy atom. The van der Waals surface area contributed by atoms with E-state index in [0.29, 0.717) is 30.2 Å². The fourth-order valence-corrected chi connectivity index (χ4v) is 7.08. The van der Waals surface area contributed by atoms with Crippen LogP contribution in [0.4, 0.5) is 5.82 Å². The lowest BCUT2D eigenvalue weighted by Gasteiger charge is -2.47. The van der Waals surface area contributed by atoms with Crippen molar-refractivity contribution in [2.45, 2.75) is 44.4 Å². The molecule has 0 N–H and O–H groups in total. The van der Waals surface area contributed by atoms with Gasteiger partial charge in [-0.25, -0.2) is 9.98 Å². The van der Waals surface area contributed by atoms with Crippen molar-refractivity contribution in [2.75, 3.05) is 31.1 Å². The number of anilines is 1. The number of nitrogens with zero attached hydrogens (tertiary/aromatic N) is 5. The molecule has 194 valence electrons. The fraction of sp³-hybridized carbons (Fsp3) is 0.433. The van der Waals surface area contributed by atoms with Crippen LogP contribution in [0, 0.1) is 22.2 Å². The molecular weight excluding hydrogens is 542 g/mol. The summed E-state index contributed by atoms with van der Waals surface area (Å²) < 4.78 is 0. The Labute approximate surface area is 231 Å². The molecule has 1 atom stereocenters. The smallest absolute Gasteiger partial charge is 0.264 e. The van der Waals surface area contributed by atoms with E-state index in [9.17, 15) is 14.9 Å². The summed E-state index contributed by atoms with van der Waals surface area (Å²) in [5.41, 5.74) is 5.73. The van der Waals surface area contributed by atoms with E-state index in [4.69, 9.17) is 4.98 Å². The van der Waals surface area contributed by atoms with E-state index < -0.39 is 4.83 Å². The second-order valence-corrected chi connectivity index (χ2v) is 12.8. The Morgan fingerprint density at radius 2 is 2.00 bits per heavy atom. The van der Waals surface area contributed by atoms with Crippen LogP contribution in [0.3, 0.4) is 0 Å². The first-order valence-electron chi connectivity index (χ1n) is 13.1. The van der Waals surface area contributed by atoms with Gasteiger partial charge >= 0.3 is 0 Å². The molecule has 3 aliphatic heterocycles. The van der Waals surface area contributed by atoms with Crippen LogP contribution in [-0.4, -0.2) is 53.6 Å². The predicted octanol–water partition coefficient (Wildman–Crippen LogP) is 4.51. The summed E-state index contributed by atoms with van der Waals surface area (Å²) in [6.45, 7) is 11.0. The molecule has 4 aliphatic rings. The van der Waals surface area contributed by atoms with Gasteiger partial charge in [-0.15, -0.1) is 0 Å². The number of rotatable bonds is 3. The zero-order valence-corrected chi connectivity index (χ0v) is 23.3. The van der Waals surface area contributed by atoms with E-state index in [1.165, 1.54) is 6.08 Å². The first kappa shape index (κ1) is 25.0. The molecule has 0 saturated carbocycles. The minimum absolute atomic E-state index is 0.0104. The highest BCUT2D eigenvalue weighted by Gasteiger charge is 2.50. The monoisotopic (exact) mass is 571 g/mol. The Hall–Kier alpha value is -3.31. The highest BCUT2D eigenvalue weighted by Crippen LogP contribution is 2.45. The number of likely N-dealkylation sites (tertiary alicyclic amines) is 1. The van der Waals surface area contributed by atoms with Crippen LogP contribution in [0.5, 0.6) is 0 Å². The second-order valence-electron chi connectivity index (χ2n) is 11.9. The van der Waals surface area contributed by atoms with Gasteiger partial charge < -0.3 is 9.80 Å². The summed E-state index contributed by atoms with van der Waals surface area (Å²) in [5, 5.41) is 10.6. The predicted molar refractivity (Wildman–Crippen MR) is 150 cm³/mol. The van der Waals surface area contributed by atoms with Crippen molar-refractivity contribution in [2.24, 2.45) is 15.8 Å². The van der Waals surface area contributed by atoms with E-state index in [1.807, 2.05) is 29.2 Å². The number of hydrogen-bond donors (Lipinski definition) is 0. The fourth-order valence-electron chi connectivity index (χ4n) is 6.58. The van der Waals surface area contributed by atoms with E-state index in [-0.39, 0.29) is 22.6 Å². The van der Waals surface area contributed by atoms with E-state index >= 15 is 0 Å². The number of aromatic nitrogens is 1. The summed E-state index contributed by atoms with van der Waals surface area (Å²) in [6, 6.07) is 10.3. The molecule has 1 spiro atoms. The maximum atomic E-state index is 13.0. The van der Waals surface area contributed by atoms with Crippen LogP contribution in [0.2, 0.25) is 0 Å². The van der Waals surface area contributed by atoms with E-state index in [0.717, 1.165) is 66.7 Å². The quantitative estimate of drug-likeness (QED) is 0.399. The molecule has 2 aromatic rings. The van der Waals surface area contributed by atoms with Gasteiger partial charge in [0.2, 0.25) is 5.91 Å². The highest BCUT2D eigenvalue weighted by atomic mass is 79.9. The maximum absolute atomic E-state index is 13.0. The number of carbonyl (C=O) groups excluding carboxylic acids is 2. The molecule has 1 aromatic heterocycles. The summed E-state index contributed by atoms with van der Waals surface area (Å²) in [4.78, 5) is 38.4. The third-order valence-corrected chi connectivity index (χ3v) is 9.50. The molecule has 1 unspecified atom stereocenters. The van der Waals surface area contributed by atoms with Gasteiger partial charge in [-0.3, -0.25) is 9.59 Å². The molecule has 7 nitrogen and oxygen atoms in total. The van der Waals surface area contributed by atoms with Gasteiger partial charge in [0.1, 0.15) is 22.3 Å². The van der Waals surface area contributed by atoms with Crippen molar-refractivity contribution in [3.63, 3.8) is 0 Å². The average Bonchev–Trinajstić information content (AvgIpc) is 3.34. The van der Waals surface area contributed by atoms with Gasteiger partial charge in [0.15, 0.2) is 0 Å². The lowest BCUT2D eigenvalue weighted by Crippen LogP contribution is -2.59. The van der Waals surface area contributed by atoms with E-state index in [1.54, 1.807) is 0 Å². The van der Waals surface area contributed by atoms with Crippen LogP contribution >= 0.6 is 15.9 Å². The number of nitriles is 1. The van der Waals surface area contributed by atoms with Crippen LogP contribution in [0.15, 0.2) is 41.9 Å². The Morgan fingerprint density at radius 1 is 1.24 bits per heavy atom. The Balaban J connectivity index is 1.48. The average molecular weight is 573 g/mol. The first-order chi connectivity index (χ1) is 18.1. The van der Waals surface area contributed by atoms with Gasteiger partial charge in [0, 0.05) is 48.4 Å². The molecule has 0 bridgehead atoms. The molecule has 1 aliphatic carbocycles. The van der Waals surface area contributed by atoms with Gasteiger partial charge in [-0.2, -0.15) is 5.26 Å². The normalized spacial score (nSPS) is 22.7. The molecule has 2 saturated heterocycles. The Bertz CT molecular complexity index is 1460. The lowest BCUT2D eigenvalue weighted by molar-refractivity contribution is -0.136. The van der Waals surface area contributed by atoms with Crippen LogP contribution in [-0.2, 0) is 22.4 Å². The molecule has 0 radical (unpaired) electrons. The number of amides is 2. The summed E-state index contributed by atoms with van der Waals surface area (Å²) in [6.07, 6.45) is 4.87. The second kappa shape index (κ2) is 8.88. The Kier molecular flexibility index (Phi) is 5.84. The number of alkyl halides is 1. The zero-order valence-electron chi connectivity index (χ0n) is 21.8. The molecule has 8 heteroatoms. The van der Waals surface area contributed by atoms with Crippen molar-refractivity contribution in [3.8, 4) is 6.07 Å². The number of fused-ring (bicyclic) bond motifs is 2. The first-order valence-corrected chi connectivity index (χ1v) is 14.1. The number of benzene rings is 1. The van der Waals surface area contributed by atoms with Crippen LogP contribution in [0.25, 0.3) is 0 Å². The van der Waals surface area contributed by atoms with Gasteiger partial charge in [0.25, 0.3) is 5.91 Å². The molecule has 6 rings (SSSR count). The maximum Gasteiger partial charge on any atom is 0.264 e.